The normalized spacial score (nSPS) is 11.5. The number of hydrogen-bond donors (Lipinski definition) is 0. The van der Waals surface area contributed by atoms with Gasteiger partial charge in [-0.05, 0) is 102 Å². The van der Waals surface area contributed by atoms with Gasteiger partial charge in [0.2, 0.25) is 5.28 Å². The van der Waals surface area contributed by atoms with E-state index in [0.29, 0.717) is 53.0 Å². The molecule has 0 unspecified atom stereocenters. The Morgan fingerprint density at radius 3 is 1.15 bits per heavy atom. The van der Waals surface area contributed by atoms with Gasteiger partial charge in [0, 0.05) is 49.9 Å². The van der Waals surface area contributed by atoms with Crippen LogP contribution in [-0.4, -0.2) is 44.9 Å². The summed E-state index contributed by atoms with van der Waals surface area (Å²) in [6, 6.07) is 69.3. The second-order valence-corrected chi connectivity index (χ2v) is 20.7. The highest BCUT2D eigenvalue weighted by Gasteiger charge is 2.25. The highest BCUT2D eigenvalue weighted by atomic mass is 35.5. The van der Waals surface area contributed by atoms with Gasteiger partial charge in [0.1, 0.15) is 0 Å². The number of benzene rings is 10. The van der Waals surface area contributed by atoms with E-state index in [9.17, 15) is 0 Å². The molecule has 0 bridgehead atoms. The van der Waals surface area contributed by atoms with E-state index in [0.717, 1.165) is 116 Å². The Bertz CT molecular complexity index is 4420. The molecule has 10 aromatic carbocycles. The molecule has 0 atom stereocenters. The fraction of sp³-hybridized carbons (Fsp3) is 0.0870. The van der Waals surface area contributed by atoms with Gasteiger partial charge in [0.05, 0.1) is 0 Å². The highest BCUT2D eigenvalue weighted by molar-refractivity contribution is 6.28. The molecule has 0 radical (unpaired) electrons. The first-order chi connectivity index (χ1) is 38.5. The van der Waals surface area contributed by atoms with Gasteiger partial charge in [0.25, 0.3) is 0 Å². The summed E-state index contributed by atoms with van der Waals surface area (Å²) in [7, 11) is 0. The summed E-state index contributed by atoms with van der Waals surface area (Å²) in [5.74, 6) is 4.52. The molecule has 378 valence electrons. The molecule has 0 aliphatic heterocycles. The van der Waals surface area contributed by atoms with Crippen LogP contribution >= 0.6 is 11.6 Å². The monoisotopic (exact) mass is 1040 g/mol. The zero-order valence-corrected chi connectivity index (χ0v) is 44.9. The molecule has 0 saturated heterocycles. The van der Waals surface area contributed by atoms with Crippen molar-refractivity contribution in [3.63, 3.8) is 0 Å². The number of aromatic nitrogens is 9. The molecule has 0 aliphatic rings. The molecule has 0 spiro atoms. The number of halogens is 1. The Balaban J connectivity index is 0.960. The van der Waals surface area contributed by atoms with Crippen LogP contribution in [0, 0.1) is 34.6 Å². The smallest absolute Gasteiger partial charge is 0.208 e. The SMILES string of the molecule is Cc1ccc(-c2nc(Cl)nc(-c3ccc(C)c(Cc4ccc(-c5nc(-c6ccc(C)cc6)nc(-c6c7ccccc7c(-c7nc(-c8ccc(C)cc8)nc(-c8ccc(C)cc8)n7)c7ccc8ccccc8c67)n5)cc4)c3)n2)cc1. The van der Waals surface area contributed by atoms with E-state index < -0.39 is 0 Å². The van der Waals surface area contributed by atoms with Crippen molar-refractivity contribution in [3.8, 4) is 91.1 Å². The maximum absolute atomic E-state index is 6.52. The first-order valence-electron chi connectivity index (χ1n) is 26.3. The largest absolute Gasteiger partial charge is 0.226 e. The third-order valence-corrected chi connectivity index (χ3v) is 14.9. The third kappa shape index (κ3) is 9.66. The van der Waals surface area contributed by atoms with Crippen molar-refractivity contribution in [2.24, 2.45) is 0 Å². The van der Waals surface area contributed by atoms with Crippen LogP contribution in [0.4, 0.5) is 0 Å². The predicted molar refractivity (Wildman–Crippen MR) is 321 cm³/mol. The van der Waals surface area contributed by atoms with Crippen LogP contribution in [-0.2, 0) is 6.42 Å². The molecule has 9 nitrogen and oxygen atoms in total. The van der Waals surface area contributed by atoms with E-state index in [1.807, 2.05) is 30.3 Å². The molecule has 0 N–H and O–H groups in total. The van der Waals surface area contributed by atoms with Gasteiger partial charge in [-0.25, -0.2) is 34.9 Å². The fourth-order valence-corrected chi connectivity index (χ4v) is 10.5. The molecular weight excluding hydrogens is 990 g/mol. The zero-order chi connectivity index (χ0) is 53.7. The summed E-state index contributed by atoms with van der Waals surface area (Å²) in [5, 5.41) is 6.17. The second-order valence-electron chi connectivity index (χ2n) is 20.3. The molecule has 0 fully saturated rings. The van der Waals surface area contributed by atoms with Crippen LogP contribution in [0.2, 0.25) is 5.28 Å². The first kappa shape index (κ1) is 48.9. The summed E-state index contributed by atoms with van der Waals surface area (Å²) in [5.41, 5.74) is 15.2. The number of rotatable bonds is 10. The molecule has 0 saturated carbocycles. The number of nitrogens with zero attached hydrogens (tertiary/aromatic N) is 9. The summed E-state index contributed by atoms with van der Waals surface area (Å²) < 4.78 is 0. The van der Waals surface area contributed by atoms with Crippen molar-refractivity contribution in [2.45, 2.75) is 41.0 Å². The van der Waals surface area contributed by atoms with E-state index in [1.54, 1.807) is 0 Å². The van der Waals surface area contributed by atoms with Crippen LogP contribution < -0.4 is 0 Å². The standard InChI is InChI=1S/C69H50ClN9/c1-40-14-25-47(26-15-40)61-71-62(48-27-16-41(2)17-28-48)75-67(74-61)59-55-12-8-9-13-56(55)60(58-54-11-7-6-10-46(54)36-37-57(58)59)68-76-63(49-29-18-42(3)19-30-49)72-64(77-68)51-34-23-45(24-35-51)38-53-39-52(33-22-44(53)5)66-73-65(78-69(70)79-66)50-31-20-43(4)21-32-50/h6-37,39H,38H2,1-5H3. The van der Waals surface area contributed by atoms with E-state index in [1.165, 1.54) is 0 Å². The van der Waals surface area contributed by atoms with Crippen LogP contribution in [0.15, 0.2) is 200 Å². The molecule has 0 aliphatic carbocycles. The molecule has 13 rings (SSSR count). The number of aryl methyl sites for hydroxylation is 5. The van der Waals surface area contributed by atoms with Gasteiger partial charge in [-0.15, -0.1) is 0 Å². The number of fused-ring (bicyclic) bond motifs is 4. The second kappa shape index (κ2) is 20.3. The van der Waals surface area contributed by atoms with E-state index in [4.69, 9.17) is 46.5 Å². The predicted octanol–water partition coefficient (Wildman–Crippen LogP) is 16.8. The quantitative estimate of drug-likeness (QED) is 0.0975. The molecule has 3 aromatic heterocycles. The molecule has 10 heteroatoms. The fourth-order valence-electron chi connectivity index (χ4n) is 10.3. The topological polar surface area (TPSA) is 116 Å². The van der Waals surface area contributed by atoms with Crippen LogP contribution in [0.1, 0.15) is 38.9 Å². The Kier molecular flexibility index (Phi) is 12.6. The lowest BCUT2D eigenvalue weighted by Crippen LogP contribution is -2.04. The van der Waals surface area contributed by atoms with Crippen LogP contribution in [0.25, 0.3) is 123 Å². The van der Waals surface area contributed by atoms with Gasteiger partial charge < -0.3 is 0 Å². The van der Waals surface area contributed by atoms with Crippen molar-refractivity contribution in [1.82, 2.24) is 44.9 Å². The van der Waals surface area contributed by atoms with Crippen molar-refractivity contribution in [1.29, 1.82) is 0 Å². The lowest BCUT2D eigenvalue weighted by molar-refractivity contribution is 1.06. The Labute approximate surface area is 462 Å². The van der Waals surface area contributed by atoms with Crippen LogP contribution in [0.3, 0.4) is 0 Å². The number of hydrogen-bond acceptors (Lipinski definition) is 9. The molecule has 13 aromatic rings. The van der Waals surface area contributed by atoms with E-state index >= 15 is 0 Å². The summed E-state index contributed by atoms with van der Waals surface area (Å²) in [6.07, 6.45) is 0.679. The highest BCUT2D eigenvalue weighted by Crippen LogP contribution is 2.46. The Hall–Kier alpha value is -9.70. The first-order valence-corrected chi connectivity index (χ1v) is 26.7. The molecule has 79 heavy (non-hydrogen) atoms. The van der Waals surface area contributed by atoms with E-state index in [2.05, 4.69) is 214 Å². The van der Waals surface area contributed by atoms with Gasteiger partial charge >= 0.3 is 0 Å². The summed E-state index contributed by atoms with van der Waals surface area (Å²) >= 11 is 6.52. The lowest BCUT2D eigenvalue weighted by atomic mass is 9.88. The minimum absolute atomic E-state index is 0.150. The van der Waals surface area contributed by atoms with Gasteiger partial charge in [-0.3, -0.25) is 0 Å². The van der Waals surface area contributed by atoms with Crippen LogP contribution in [0.5, 0.6) is 0 Å². The van der Waals surface area contributed by atoms with Crippen molar-refractivity contribution in [3.05, 3.63) is 244 Å². The maximum Gasteiger partial charge on any atom is 0.226 e. The molecule has 0 amide bonds. The molecular formula is C69H50ClN9. The van der Waals surface area contributed by atoms with Crippen molar-refractivity contribution >= 4 is 43.9 Å². The zero-order valence-electron chi connectivity index (χ0n) is 44.2. The van der Waals surface area contributed by atoms with Crippen molar-refractivity contribution in [2.75, 3.05) is 0 Å². The minimum Gasteiger partial charge on any atom is -0.208 e. The average molecular weight is 1040 g/mol. The Morgan fingerprint density at radius 1 is 0.304 bits per heavy atom. The lowest BCUT2D eigenvalue weighted by Gasteiger charge is -2.19. The van der Waals surface area contributed by atoms with E-state index in [-0.39, 0.29) is 5.28 Å². The van der Waals surface area contributed by atoms with Gasteiger partial charge in [0.15, 0.2) is 46.6 Å². The average Bonchev–Trinajstić information content (AvgIpc) is 3.57. The Morgan fingerprint density at radius 2 is 0.671 bits per heavy atom. The maximum atomic E-state index is 6.52. The molecule has 3 heterocycles. The van der Waals surface area contributed by atoms with Gasteiger partial charge in [-0.1, -0.05) is 216 Å². The minimum atomic E-state index is 0.150. The summed E-state index contributed by atoms with van der Waals surface area (Å²) in [6.45, 7) is 10.4. The summed E-state index contributed by atoms with van der Waals surface area (Å²) in [4.78, 5) is 45.8. The van der Waals surface area contributed by atoms with Crippen molar-refractivity contribution < 1.29 is 0 Å². The van der Waals surface area contributed by atoms with Gasteiger partial charge in [-0.2, -0.15) is 9.97 Å². The third-order valence-electron chi connectivity index (χ3n) is 14.7.